The smallest absolute Gasteiger partial charge is 0.263 e. The monoisotopic (exact) mass is 434 g/mol. The van der Waals surface area contributed by atoms with Crippen molar-refractivity contribution in [2.75, 3.05) is 18.4 Å². The number of likely N-dealkylation sites (tertiary alicyclic amines) is 1. The Kier molecular flexibility index (Phi) is 6.49. The van der Waals surface area contributed by atoms with Gasteiger partial charge in [-0.2, -0.15) is 4.98 Å². The molecule has 0 aliphatic carbocycles. The fourth-order valence-corrected chi connectivity index (χ4v) is 3.78. The van der Waals surface area contributed by atoms with E-state index >= 15 is 0 Å². The summed E-state index contributed by atoms with van der Waals surface area (Å²) in [6.07, 6.45) is 0.976. The number of amides is 2. The molecule has 1 N–H and O–H groups in total. The van der Waals surface area contributed by atoms with Crippen LogP contribution in [0.4, 0.5) is 5.69 Å². The molecule has 1 saturated heterocycles. The molecule has 1 aromatic heterocycles. The standard InChI is InChI=1S/C24H26N4O4/c1-16(31-21-6-4-3-5-7-21)24(30)28-14-12-19(13-15-28)23-26-22(27-32-23)18-8-10-20(11-9-18)25-17(2)29/h3-11,16,19H,12-15H2,1-2H3,(H,25,29)/t16-/m1/s1. The van der Waals surface area contributed by atoms with E-state index in [1.807, 2.05) is 47.4 Å². The van der Waals surface area contributed by atoms with Crippen LogP contribution in [0, 0.1) is 0 Å². The minimum Gasteiger partial charge on any atom is -0.481 e. The van der Waals surface area contributed by atoms with Gasteiger partial charge in [0.1, 0.15) is 5.75 Å². The number of hydrogen-bond acceptors (Lipinski definition) is 6. The Labute approximate surface area is 186 Å². The summed E-state index contributed by atoms with van der Waals surface area (Å²) < 4.78 is 11.3. The van der Waals surface area contributed by atoms with E-state index in [9.17, 15) is 9.59 Å². The van der Waals surface area contributed by atoms with Crippen molar-refractivity contribution >= 4 is 17.5 Å². The highest BCUT2D eigenvalue weighted by Gasteiger charge is 2.30. The summed E-state index contributed by atoms with van der Waals surface area (Å²) >= 11 is 0. The van der Waals surface area contributed by atoms with E-state index in [4.69, 9.17) is 9.26 Å². The minimum atomic E-state index is -0.538. The Bertz CT molecular complexity index is 1060. The topological polar surface area (TPSA) is 97.6 Å². The molecule has 8 nitrogen and oxygen atoms in total. The molecule has 1 atom stereocenters. The van der Waals surface area contributed by atoms with Gasteiger partial charge in [-0.05, 0) is 56.2 Å². The maximum atomic E-state index is 12.8. The van der Waals surface area contributed by atoms with Gasteiger partial charge < -0.3 is 19.5 Å². The number of para-hydroxylation sites is 1. The second-order valence-corrected chi connectivity index (χ2v) is 7.89. The largest absolute Gasteiger partial charge is 0.481 e. The highest BCUT2D eigenvalue weighted by atomic mass is 16.5. The van der Waals surface area contributed by atoms with Gasteiger partial charge in [-0.15, -0.1) is 0 Å². The number of nitrogens with one attached hydrogen (secondary N) is 1. The molecule has 2 heterocycles. The van der Waals surface area contributed by atoms with Gasteiger partial charge in [0.25, 0.3) is 5.91 Å². The molecule has 2 aromatic carbocycles. The van der Waals surface area contributed by atoms with E-state index in [2.05, 4.69) is 15.5 Å². The third-order valence-corrected chi connectivity index (χ3v) is 5.46. The molecule has 4 rings (SSSR count). The molecule has 3 aromatic rings. The van der Waals surface area contributed by atoms with E-state index in [0.29, 0.717) is 36.2 Å². The van der Waals surface area contributed by atoms with Crippen molar-refractivity contribution in [3.8, 4) is 17.1 Å². The van der Waals surface area contributed by atoms with Crippen molar-refractivity contribution in [1.82, 2.24) is 15.0 Å². The summed E-state index contributed by atoms with van der Waals surface area (Å²) in [5, 5.41) is 6.84. The van der Waals surface area contributed by atoms with Crippen LogP contribution in [0.2, 0.25) is 0 Å². The molecule has 1 fully saturated rings. The number of ether oxygens (including phenoxy) is 1. The van der Waals surface area contributed by atoms with Crippen LogP contribution in [0.5, 0.6) is 5.75 Å². The molecule has 1 aliphatic rings. The molecule has 0 saturated carbocycles. The second-order valence-electron chi connectivity index (χ2n) is 7.89. The van der Waals surface area contributed by atoms with Crippen LogP contribution in [0.1, 0.15) is 38.5 Å². The molecular weight excluding hydrogens is 408 g/mol. The van der Waals surface area contributed by atoms with Gasteiger partial charge >= 0.3 is 0 Å². The quantitative estimate of drug-likeness (QED) is 0.633. The van der Waals surface area contributed by atoms with Gasteiger partial charge in [-0.3, -0.25) is 9.59 Å². The number of rotatable bonds is 6. The van der Waals surface area contributed by atoms with E-state index in [-0.39, 0.29) is 17.7 Å². The maximum Gasteiger partial charge on any atom is 0.263 e. The van der Waals surface area contributed by atoms with Crippen LogP contribution in [0.25, 0.3) is 11.4 Å². The predicted molar refractivity (Wildman–Crippen MR) is 119 cm³/mol. The SMILES string of the molecule is CC(=O)Nc1ccc(-c2noc(C3CCN(C(=O)[C@@H](C)Oc4ccccc4)CC3)n2)cc1. The van der Waals surface area contributed by atoms with E-state index in [0.717, 1.165) is 18.4 Å². The molecule has 0 unspecified atom stereocenters. The molecule has 0 bridgehead atoms. The molecule has 1 aliphatic heterocycles. The summed E-state index contributed by atoms with van der Waals surface area (Å²) in [4.78, 5) is 30.3. The number of hydrogen-bond donors (Lipinski definition) is 1. The Morgan fingerprint density at radius 3 is 2.44 bits per heavy atom. The fourth-order valence-electron chi connectivity index (χ4n) is 3.78. The average molecular weight is 434 g/mol. The minimum absolute atomic E-state index is 0.0159. The average Bonchev–Trinajstić information content (AvgIpc) is 3.30. The highest BCUT2D eigenvalue weighted by molar-refractivity contribution is 5.88. The summed E-state index contributed by atoms with van der Waals surface area (Å²) in [5.41, 5.74) is 1.53. The first-order chi connectivity index (χ1) is 15.5. The molecule has 166 valence electrons. The predicted octanol–water partition coefficient (Wildman–Crippen LogP) is 3.87. The Hall–Kier alpha value is -3.68. The number of anilines is 1. The number of aromatic nitrogens is 2. The first-order valence-corrected chi connectivity index (χ1v) is 10.7. The van der Waals surface area contributed by atoms with Crippen molar-refractivity contribution in [3.05, 3.63) is 60.5 Å². The molecule has 0 radical (unpaired) electrons. The normalized spacial score (nSPS) is 15.2. The summed E-state index contributed by atoms with van der Waals surface area (Å²) in [5.74, 6) is 1.77. The van der Waals surface area contributed by atoms with Crippen LogP contribution in [-0.4, -0.2) is 46.0 Å². The van der Waals surface area contributed by atoms with E-state index in [1.165, 1.54) is 6.92 Å². The zero-order valence-electron chi connectivity index (χ0n) is 18.2. The van der Waals surface area contributed by atoms with Gasteiger partial charge in [0.05, 0.1) is 0 Å². The summed E-state index contributed by atoms with van der Waals surface area (Å²) in [6, 6.07) is 16.7. The number of benzene rings is 2. The third-order valence-electron chi connectivity index (χ3n) is 5.46. The lowest BCUT2D eigenvalue weighted by Crippen LogP contribution is -2.44. The molecule has 8 heteroatoms. The van der Waals surface area contributed by atoms with Crippen LogP contribution in [0.15, 0.2) is 59.1 Å². The Morgan fingerprint density at radius 2 is 1.78 bits per heavy atom. The summed E-state index contributed by atoms with van der Waals surface area (Å²) in [6.45, 7) is 4.49. The van der Waals surface area contributed by atoms with E-state index in [1.54, 1.807) is 19.1 Å². The first kappa shape index (κ1) is 21.5. The highest BCUT2D eigenvalue weighted by Crippen LogP contribution is 2.29. The number of carbonyl (C=O) groups is 2. The van der Waals surface area contributed by atoms with Crippen molar-refractivity contribution in [2.24, 2.45) is 0 Å². The lowest BCUT2D eigenvalue weighted by Gasteiger charge is -2.32. The molecule has 32 heavy (non-hydrogen) atoms. The first-order valence-electron chi connectivity index (χ1n) is 10.7. The Balaban J connectivity index is 1.32. The Morgan fingerprint density at radius 1 is 1.09 bits per heavy atom. The van der Waals surface area contributed by atoms with Crippen LogP contribution in [-0.2, 0) is 9.59 Å². The van der Waals surface area contributed by atoms with Crippen LogP contribution in [0.3, 0.4) is 0 Å². The van der Waals surface area contributed by atoms with Crippen molar-refractivity contribution in [2.45, 2.75) is 38.7 Å². The van der Waals surface area contributed by atoms with Crippen molar-refractivity contribution in [1.29, 1.82) is 0 Å². The van der Waals surface area contributed by atoms with Gasteiger partial charge in [0, 0.05) is 37.2 Å². The lowest BCUT2D eigenvalue weighted by atomic mass is 9.96. The lowest BCUT2D eigenvalue weighted by molar-refractivity contribution is -0.139. The van der Waals surface area contributed by atoms with Gasteiger partial charge in [0.2, 0.25) is 17.6 Å². The molecule has 2 amide bonds. The maximum absolute atomic E-state index is 12.8. The second kappa shape index (κ2) is 9.64. The fraction of sp³-hybridized carbons (Fsp3) is 0.333. The van der Waals surface area contributed by atoms with E-state index < -0.39 is 6.10 Å². The number of carbonyl (C=O) groups excluding carboxylic acids is 2. The molecule has 0 spiro atoms. The van der Waals surface area contributed by atoms with Gasteiger partial charge in [0.15, 0.2) is 6.10 Å². The summed E-state index contributed by atoms with van der Waals surface area (Å²) in [7, 11) is 0. The molecular formula is C24H26N4O4. The van der Waals surface area contributed by atoms with Crippen LogP contribution < -0.4 is 10.1 Å². The van der Waals surface area contributed by atoms with Crippen molar-refractivity contribution < 1.29 is 18.8 Å². The number of nitrogens with zero attached hydrogens (tertiary/aromatic N) is 3. The van der Waals surface area contributed by atoms with Crippen molar-refractivity contribution in [3.63, 3.8) is 0 Å². The van der Waals surface area contributed by atoms with Gasteiger partial charge in [-0.25, -0.2) is 0 Å². The number of piperidine rings is 1. The third kappa shape index (κ3) is 5.14. The zero-order valence-corrected chi connectivity index (χ0v) is 18.2. The van der Waals surface area contributed by atoms with Gasteiger partial charge in [-0.1, -0.05) is 23.4 Å². The van der Waals surface area contributed by atoms with Crippen LogP contribution >= 0.6 is 0 Å². The zero-order chi connectivity index (χ0) is 22.5.